The van der Waals surface area contributed by atoms with Crippen LogP contribution in [0.1, 0.15) is 12.6 Å². The second-order valence-corrected chi connectivity index (χ2v) is 5.06. The molecular formula is C14H11N5OS. The first kappa shape index (κ1) is 13.4. The van der Waals surface area contributed by atoms with Gasteiger partial charge < -0.3 is 9.72 Å². The maximum atomic E-state index is 9.02. The summed E-state index contributed by atoms with van der Waals surface area (Å²) in [6, 6.07) is 7.69. The Morgan fingerprint density at radius 1 is 1.33 bits per heavy atom. The maximum Gasteiger partial charge on any atom is 0.173 e. The number of fused-ring (bicyclic) bond motifs is 1. The molecule has 0 aliphatic heterocycles. The van der Waals surface area contributed by atoms with Crippen LogP contribution in [0.25, 0.3) is 11.0 Å². The van der Waals surface area contributed by atoms with Gasteiger partial charge in [0.15, 0.2) is 10.9 Å². The van der Waals surface area contributed by atoms with Crippen LogP contribution in [-0.2, 0) is 0 Å². The summed E-state index contributed by atoms with van der Waals surface area (Å²) in [4.78, 5) is 15.8. The van der Waals surface area contributed by atoms with Crippen molar-refractivity contribution in [2.45, 2.75) is 17.1 Å². The summed E-state index contributed by atoms with van der Waals surface area (Å²) >= 11 is 1.28. The molecule has 21 heavy (non-hydrogen) atoms. The highest BCUT2D eigenvalue weighted by atomic mass is 32.2. The third-order valence-corrected chi connectivity index (χ3v) is 3.59. The number of hydrogen-bond donors (Lipinski definition) is 1. The minimum absolute atomic E-state index is 0.290. The lowest BCUT2D eigenvalue weighted by Crippen LogP contribution is -1.90. The highest BCUT2D eigenvalue weighted by molar-refractivity contribution is 7.99. The molecule has 0 aliphatic rings. The second kappa shape index (κ2) is 5.81. The van der Waals surface area contributed by atoms with Gasteiger partial charge in [0.2, 0.25) is 0 Å². The summed E-state index contributed by atoms with van der Waals surface area (Å²) in [5.41, 5.74) is 2.01. The van der Waals surface area contributed by atoms with E-state index < -0.39 is 0 Å². The Morgan fingerprint density at radius 3 is 3.00 bits per heavy atom. The Hall–Kier alpha value is -2.59. The molecule has 0 saturated carbocycles. The van der Waals surface area contributed by atoms with Gasteiger partial charge in [-0.1, -0.05) is 0 Å². The lowest BCUT2D eigenvalue weighted by Gasteiger charge is -2.00. The normalized spacial score (nSPS) is 10.5. The van der Waals surface area contributed by atoms with E-state index in [0.29, 0.717) is 16.8 Å². The van der Waals surface area contributed by atoms with Gasteiger partial charge in [0.05, 0.1) is 17.6 Å². The average Bonchev–Trinajstić information content (AvgIpc) is 2.89. The van der Waals surface area contributed by atoms with Gasteiger partial charge >= 0.3 is 0 Å². The monoisotopic (exact) mass is 297 g/mol. The molecule has 0 unspecified atom stereocenters. The summed E-state index contributed by atoms with van der Waals surface area (Å²) in [6.45, 7) is 2.56. The van der Waals surface area contributed by atoms with Gasteiger partial charge in [-0.3, -0.25) is 0 Å². The van der Waals surface area contributed by atoms with Gasteiger partial charge in [-0.05, 0) is 30.8 Å². The molecule has 1 N–H and O–H groups in total. The van der Waals surface area contributed by atoms with E-state index in [-0.39, 0.29) is 5.69 Å². The minimum atomic E-state index is 0.290. The molecule has 104 valence electrons. The van der Waals surface area contributed by atoms with E-state index >= 15 is 0 Å². The third-order valence-electron chi connectivity index (χ3n) is 2.71. The predicted octanol–water partition coefficient (Wildman–Crippen LogP) is 2.77. The molecule has 0 saturated heterocycles. The zero-order chi connectivity index (χ0) is 14.7. The molecule has 2 heterocycles. The molecule has 0 bridgehead atoms. The van der Waals surface area contributed by atoms with Crippen molar-refractivity contribution in [1.29, 1.82) is 5.26 Å². The Morgan fingerprint density at radius 2 is 2.19 bits per heavy atom. The van der Waals surface area contributed by atoms with Gasteiger partial charge in [0.25, 0.3) is 0 Å². The topological polar surface area (TPSA) is 87.5 Å². The molecule has 7 heteroatoms. The van der Waals surface area contributed by atoms with E-state index in [9.17, 15) is 0 Å². The zero-order valence-electron chi connectivity index (χ0n) is 11.2. The second-order valence-electron chi connectivity index (χ2n) is 4.08. The van der Waals surface area contributed by atoms with Crippen molar-refractivity contribution in [3.63, 3.8) is 0 Å². The highest BCUT2D eigenvalue weighted by Gasteiger charge is 2.10. The molecule has 0 atom stereocenters. The highest BCUT2D eigenvalue weighted by Crippen LogP contribution is 2.28. The van der Waals surface area contributed by atoms with Crippen LogP contribution in [0.3, 0.4) is 0 Å². The van der Waals surface area contributed by atoms with Gasteiger partial charge in [0, 0.05) is 18.5 Å². The van der Waals surface area contributed by atoms with Gasteiger partial charge in [-0.25, -0.2) is 15.0 Å². The third kappa shape index (κ3) is 2.80. The first-order valence-corrected chi connectivity index (χ1v) is 7.13. The van der Waals surface area contributed by atoms with Crippen molar-refractivity contribution in [2.75, 3.05) is 6.61 Å². The van der Waals surface area contributed by atoms with Crippen molar-refractivity contribution in [3.8, 4) is 11.8 Å². The number of hydrogen-bond acceptors (Lipinski definition) is 6. The molecule has 6 nitrogen and oxygen atoms in total. The minimum Gasteiger partial charge on any atom is -0.494 e. The molecule has 2 aromatic heterocycles. The average molecular weight is 297 g/mol. The van der Waals surface area contributed by atoms with E-state index in [4.69, 9.17) is 10.00 Å². The largest absolute Gasteiger partial charge is 0.494 e. The molecule has 0 radical (unpaired) electrons. The number of aromatic nitrogens is 4. The Kier molecular flexibility index (Phi) is 3.71. The number of nitrogens with zero attached hydrogens (tertiary/aromatic N) is 4. The Labute approximate surface area is 125 Å². The van der Waals surface area contributed by atoms with Crippen LogP contribution in [0.4, 0.5) is 0 Å². The van der Waals surface area contributed by atoms with Crippen molar-refractivity contribution in [3.05, 3.63) is 36.3 Å². The number of benzene rings is 1. The van der Waals surface area contributed by atoms with E-state index in [1.807, 2.05) is 31.2 Å². The number of imidazole rings is 1. The number of nitrogens with one attached hydrogen (secondary N) is 1. The van der Waals surface area contributed by atoms with Crippen LogP contribution >= 0.6 is 11.8 Å². The van der Waals surface area contributed by atoms with Crippen LogP contribution in [0, 0.1) is 11.3 Å². The van der Waals surface area contributed by atoms with Crippen LogP contribution in [0.2, 0.25) is 0 Å². The Bertz CT molecular complexity index is 824. The Balaban J connectivity index is 1.93. The number of rotatable bonds is 4. The first-order valence-electron chi connectivity index (χ1n) is 6.31. The molecule has 0 fully saturated rings. The quantitative estimate of drug-likeness (QED) is 0.796. The summed E-state index contributed by atoms with van der Waals surface area (Å²) in [5.74, 6) is 0.794. The molecular weight excluding hydrogens is 286 g/mol. The van der Waals surface area contributed by atoms with Crippen LogP contribution in [0.5, 0.6) is 5.75 Å². The van der Waals surface area contributed by atoms with Gasteiger partial charge in [-0.2, -0.15) is 5.26 Å². The summed E-state index contributed by atoms with van der Waals surface area (Å²) < 4.78 is 5.46. The molecule has 3 aromatic rings. The SMILES string of the molecule is CCOc1ccc2nc(Sc3nccnc3C#N)[nH]c2c1. The van der Waals surface area contributed by atoms with Gasteiger partial charge in [-0.15, -0.1) is 0 Å². The van der Waals surface area contributed by atoms with E-state index in [0.717, 1.165) is 16.8 Å². The standard InChI is InChI=1S/C14H11N5OS/c1-2-20-9-3-4-10-11(7-9)19-14(18-10)21-13-12(8-15)16-5-6-17-13/h3-7H,2H2,1H3,(H,18,19). The smallest absolute Gasteiger partial charge is 0.173 e. The lowest BCUT2D eigenvalue weighted by molar-refractivity contribution is 0.340. The lowest BCUT2D eigenvalue weighted by atomic mass is 10.3. The van der Waals surface area contributed by atoms with Crippen LogP contribution in [0.15, 0.2) is 40.8 Å². The van der Waals surface area contributed by atoms with Crippen molar-refractivity contribution < 1.29 is 4.74 Å². The summed E-state index contributed by atoms with van der Waals surface area (Å²) in [7, 11) is 0. The van der Waals surface area contributed by atoms with Crippen molar-refractivity contribution in [1.82, 2.24) is 19.9 Å². The van der Waals surface area contributed by atoms with Crippen LogP contribution < -0.4 is 4.74 Å². The van der Waals surface area contributed by atoms with E-state index in [1.54, 1.807) is 6.20 Å². The fraction of sp³-hybridized carbons (Fsp3) is 0.143. The molecule has 3 rings (SSSR count). The molecule has 0 spiro atoms. The fourth-order valence-corrected chi connectivity index (χ4v) is 2.64. The number of aromatic amines is 1. The molecule has 0 aliphatic carbocycles. The van der Waals surface area contributed by atoms with E-state index in [2.05, 4.69) is 19.9 Å². The van der Waals surface area contributed by atoms with Gasteiger partial charge in [0.1, 0.15) is 16.8 Å². The summed E-state index contributed by atoms with van der Waals surface area (Å²) in [5, 5.41) is 10.2. The maximum absolute atomic E-state index is 9.02. The predicted molar refractivity (Wildman–Crippen MR) is 78.1 cm³/mol. The summed E-state index contributed by atoms with van der Waals surface area (Å²) in [6.07, 6.45) is 3.05. The zero-order valence-corrected chi connectivity index (χ0v) is 12.0. The number of H-pyrrole nitrogens is 1. The fourth-order valence-electron chi connectivity index (χ4n) is 1.84. The van der Waals surface area contributed by atoms with E-state index in [1.165, 1.54) is 18.0 Å². The van der Waals surface area contributed by atoms with Crippen molar-refractivity contribution in [2.24, 2.45) is 0 Å². The molecule has 0 amide bonds. The first-order chi connectivity index (χ1) is 10.3. The van der Waals surface area contributed by atoms with Crippen LogP contribution in [-0.4, -0.2) is 26.5 Å². The number of nitriles is 1. The number of ether oxygens (including phenoxy) is 1. The van der Waals surface area contributed by atoms with Crippen molar-refractivity contribution >= 4 is 22.8 Å². The molecule has 1 aromatic carbocycles.